The van der Waals surface area contributed by atoms with Crippen molar-refractivity contribution in [3.05, 3.63) is 36.0 Å². The molecule has 1 atom stereocenters. The summed E-state index contributed by atoms with van der Waals surface area (Å²) in [6.07, 6.45) is -0.678. The second kappa shape index (κ2) is 6.28. The Bertz CT molecular complexity index is 698. The average molecular weight is 317 g/mol. The van der Waals surface area contributed by atoms with Crippen LogP contribution in [0.2, 0.25) is 0 Å². The lowest BCUT2D eigenvalue weighted by molar-refractivity contribution is -0.148. The molecule has 0 radical (unpaired) electrons. The van der Waals surface area contributed by atoms with Gasteiger partial charge in [0.25, 0.3) is 0 Å². The minimum absolute atomic E-state index is 0.177. The van der Waals surface area contributed by atoms with Crippen molar-refractivity contribution in [2.75, 3.05) is 18.6 Å². The van der Waals surface area contributed by atoms with Gasteiger partial charge < -0.3 is 18.8 Å². The number of para-hydroxylation sites is 2. The molecule has 3 rings (SSSR count). The first-order chi connectivity index (χ1) is 11.1. The van der Waals surface area contributed by atoms with Gasteiger partial charge >= 0.3 is 5.97 Å². The highest BCUT2D eigenvalue weighted by molar-refractivity contribution is 5.78. The van der Waals surface area contributed by atoms with Crippen LogP contribution in [0, 0.1) is 0 Å². The number of fused-ring (bicyclic) bond motifs is 1. The zero-order chi connectivity index (χ0) is 16.4. The molecule has 1 unspecified atom stereocenters. The van der Waals surface area contributed by atoms with Gasteiger partial charge in [0.15, 0.2) is 0 Å². The molecule has 1 aliphatic heterocycles. The van der Waals surface area contributed by atoms with Gasteiger partial charge in [-0.3, -0.25) is 0 Å². The van der Waals surface area contributed by atoms with Crippen LogP contribution < -0.4 is 9.64 Å². The number of rotatable bonds is 4. The van der Waals surface area contributed by atoms with Crippen LogP contribution in [0.1, 0.15) is 31.5 Å². The molecule has 23 heavy (non-hydrogen) atoms. The van der Waals surface area contributed by atoms with E-state index in [1.807, 2.05) is 43.0 Å². The summed E-state index contributed by atoms with van der Waals surface area (Å²) in [5, 5.41) is 8.12. The minimum Gasteiger partial charge on any atom is -0.475 e. The van der Waals surface area contributed by atoms with E-state index in [4.69, 9.17) is 13.9 Å². The third-order valence-corrected chi connectivity index (χ3v) is 3.63. The molecule has 1 aliphatic rings. The average Bonchev–Trinajstić information content (AvgIpc) is 3.03. The molecule has 0 amide bonds. The molecule has 0 fully saturated rings. The van der Waals surface area contributed by atoms with Crippen molar-refractivity contribution in [1.82, 2.24) is 10.2 Å². The van der Waals surface area contributed by atoms with E-state index >= 15 is 0 Å². The third kappa shape index (κ3) is 3.13. The van der Waals surface area contributed by atoms with Gasteiger partial charge in [0, 0.05) is 5.92 Å². The molecule has 1 aromatic heterocycles. The number of aromatic nitrogens is 2. The number of ether oxygens (including phenoxy) is 2. The molecular weight excluding hydrogens is 298 g/mol. The molecule has 0 saturated carbocycles. The van der Waals surface area contributed by atoms with Crippen LogP contribution in [0.4, 0.5) is 5.69 Å². The molecule has 7 nitrogen and oxygen atoms in total. The largest absolute Gasteiger partial charge is 0.475 e. The Kier molecular flexibility index (Phi) is 4.18. The number of hydrogen-bond donors (Lipinski definition) is 0. The summed E-state index contributed by atoms with van der Waals surface area (Å²) >= 11 is 0. The van der Waals surface area contributed by atoms with E-state index in [2.05, 4.69) is 10.2 Å². The third-order valence-electron chi connectivity index (χ3n) is 3.63. The number of methoxy groups -OCH3 is 1. The zero-order valence-electron chi connectivity index (χ0n) is 13.4. The molecule has 2 heterocycles. The molecule has 0 saturated heterocycles. The summed E-state index contributed by atoms with van der Waals surface area (Å²) in [5.41, 5.74) is 0.886. The molecular formula is C16H19N3O4. The summed E-state index contributed by atoms with van der Waals surface area (Å²) in [5.74, 6) is 1.52. The van der Waals surface area contributed by atoms with Crippen molar-refractivity contribution < 1.29 is 18.7 Å². The fraction of sp³-hybridized carbons (Fsp3) is 0.438. The summed E-state index contributed by atoms with van der Waals surface area (Å²) in [7, 11) is 1.35. The quantitative estimate of drug-likeness (QED) is 0.799. The minimum atomic E-state index is -0.678. The van der Waals surface area contributed by atoms with E-state index < -0.39 is 12.1 Å². The predicted octanol–water partition coefficient (Wildman–Crippen LogP) is 2.13. The first-order valence-corrected chi connectivity index (χ1v) is 7.49. The van der Waals surface area contributed by atoms with E-state index in [1.165, 1.54) is 7.11 Å². The van der Waals surface area contributed by atoms with Crippen molar-refractivity contribution >= 4 is 11.7 Å². The number of nitrogens with zero attached hydrogens (tertiary/aromatic N) is 3. The highest BCUT2D eigenvalue weighted by Crippen LogP contribution is 2.34. The molecule has 1 aromatic carbocycles. The fourth-order valence-corrected chi connectivity index (χ4v) is 2.44. The molecule has 7 heteroatoms. The van der Waals surface area contributed by atoms with E-state index in [1.54, 1.807) is 0 Å². The number of anilines is 1. The van der Waals surface area contributed by atoms with Crippen LogP contribution in [0.3, 0.4) is 0 Å². The maximum Gasteiger partial charge on any atom is 0.348 e. The lowest BCUT2D eigenvalue weighted by Crippen LogP contribution is -2.44. The number of benzene rings is 1. The maximum absolute atomic E-state index is 11.8. The standard InChI is InChI=1S/C16H19N3O4/c1-10(2)15-18-17-14(23-15)9-19-8-13(16(20)21-3)22-12-7-5-4-6-11(12)19/h4-7,10,13H,8-9H2,1-3H3. The zero-order valence-corrected chi connectivity index (χ0v) is 13.4. The molecule has 0 bridgehead atoms. The Morgan fingerprint density at radius 3 is 2.87 bits per heavy atom. The van der Waals surface area contributed by atoms with Crippen molar-refractivity contribution in [3.63, 3.8) is 0 Å². The van der Waals surface area contributed by atoms with Gasteiger partial charge in [-0.25, -0.2) is 4.79 Å². The van der Waals surface area contributed by atoms with E-state index in [0.29, 0.717) is 30.6 Å². The van der Waals surface area contributed by atoms with E-state index in [0.717, 1.165) is 5.69 Å². The van der Waals surface area contributed by atoms with Gasteiger partial charge in [-0.05, 0) is 12.1 Å². The van der Waals surface area contributed by atoms with Crippen molar-refractivity contribution in [2.45, 2.75) is 32.4 Å². The van der Waals surface area contributed by atoms with Gasteiger partial charge in [0.1, 0.15) is 5.75 Å². The van der Waals surface area contributed by atoms with Gasteiger partial charge in [0.2, 0.25) is 17.9 Å². The second-order valence-electron chi connectivity index (χ2n) is 5.67. The van der Waals surface area contributed by atoms with Crippen LogP contribution in [-0.4, -0.2) is 35.9 Å². The molecule has 122 valence electrons. The first-order valence-electron chi connectivity index (χ1n) is 7.49. The summed E-state index contributed by atoms with van der Waals surface area (Å²) < 4.78 is 16.2. The van der Waals surface area contributed by atoms with Crippen molar-refractivity contribution in [2.24, 2.45) is 0 Å². The summed E-state index contributed by atoms with van der Waals surface area (Å²) in [6, 6.07) is 7.54. The number of carbonyl (C=O) groups is 1. The van der Waals surface area contributed by atoms with Crippen LogP contribution in [-0.2, 0) is 16.1 Å². The second-order valence-corrected chi connectivity index (χ2v) is 5.67. The number of carbonyl (C=O) groups excluding carboxylic acids is 1. The lowest BCUT2D eigenvalue weighted by Gasteiger charge is -2.34. The number of esters is 1. The van der Waals surface area contributed by atoms with Gasteiger partial charge in [-0.15, -0.1) is 10.2 Å². The Morgan fingerprint density at radius 1 is 1.39 bits per heavy atom. The smallest absolute Gasteiger partial charge is 0.348 e. The lowest BCUT2D eigenvalue weighted by atomic mass is 10.2. The van der Waals surface area contributed by atoms with E-state index in [-0.39, 0.29) is 5.92 Å². The van der Waals surface area contributed by atoms with E-state index in [9.17, 15) is 4.79 Å². The molecule has 0 spiro atoms. The summed E-state index contributed by atoms with van der Waals surface area (Å²) in [6.45, 7) is 4.76. The normalized spacial score (nSPS) is 16.9. The molecule has 0 N–H and O–H groups in total. The highest BCUT2D eigenvalue weighted by Gasteiger charge is 2.32. The van der Waals surface area contributed by atoms with Crippen LogP contribution in [0.15, 0.2) is 28.7 Å². The van der Waals surface area contributed by atoms with Gasteiger partial charge in [0.05, 0.1) is 25.9 Å². The highest BCUT2D eigenvalue weighted by atomic mass is 16.6. The van der Waals surface area contributed by atoms with Gasteiger partial charge in [-0.2, -0.15) is 0 Å². The topological polar surface area (TPSA) is 77.7 Å². The summed E-state index contributed by atoms with van der Waals surface area (Å²) in [4.78, 5) is 13.8. The predicted molar refractivity (Wildman–Crippen MR) is 82.3 cm³/mol. The molecule has 0 aliphatic carbocycles. The van der Waals surface area contributed by atoms with Crippen LogP contribution >= 0.6 is 0 Å². The van der Waals surface area contributed by atoms with Crippen LogP contribution in [0.5, 0.6) is 5.75 Å². The Labute approximate surface area is 134 Å². The first kappa shape index (κ1) is 15.3. The number of hydrogen-bond acceptors (Lipinski definition) is 7. The van der Waals surface area contributed by atoms with Crippen molar-refractivity contribution in [1.29, 1.82) is 0 Å². The Hall–Kier alpha value is -2.57. The monoisotopic (exact) mass is 317 g/mol. The SMILES string of the molecule is COC(=O)C1CN(Cc2nnc(C(C)C)o2)c2ccccc2O1. The fourth-order valence-electron chi connectivity index (χ4n) is 2.44. The Morgan fingerprint density at radius 2 is 2.17 bits per heavy atom. The van der Waals surface area contributed by atoms with Gasteiger partial charge in [-0.1, -0.05) is 26.0 Å². The Balaban J connectivity index is 1.85. The maximum atomic E-state index is 11.8. The van der Waals surface area contributed by atoms with Crippen molar-refractivity contribution in [3.8, 4) is 5.75 Å². The molecule has 2 aromatic rings. The van der Waals surface area contributed by atoms with Crippen LogP contribution in [0.25, 0.3) is 0 Å².